The highest BCUT2D eigenvalue weighted by Gasteiger charge is 2.28. The molecule has 1 aromatic carbocycles. The number of methoxy groups -OCH3 is 2. The summed E-state index contributed by atoms with van der Waals surface area (Å²) in [5.41, 5.74) is 0.392. The summed E-state index contributed by atoms with van der Waals surface area (Å²) >= 11 is 0. The molecule has 6 nitrogen and oxygen atoms in total. The van der Waals surface area contributed by atoms with E-state index in [1.807, 2.05) is 0 Å². The van der Waals surface area contributed by atoms with Crippen molar-refractivity contribution in [2.45, 2.75) is 39.2 Å². The summed E-state index contributed by atoms with van der Waals surface area (Å²) in [6, 6.07) is 5.10. The van der Waals surface area contributed by atoms with E-state index in [1.165, 1.54) is 20.6 Å². The summed E-state index contributed by atoms with van der Waals surface area (Å²) in [5.74, 6) is 1.62. The van der Waals surface area contributed by atoms with Crippen LogP contribution in [0.1, 0.15) is 43.5 Å². The Bertz CT molecular complexity index is 595. The van der Waals surface area contributed by atoms with Crippen molar-refractivity contribution in [3.8, 4) is 11.5 Å². The van der Waals surface area contributed by atoms with Crippen LogP contribution in [-0.2, 0) is 4.79 Å². The zero-order valence-electron chi connectivity index (χ0n) is 15.4. The lowest BCUT2D eigenvalue weighted by atomic mass is 9.78. The molecule has 2 rings (SSSR count). The fourth-order valence-electron chi connectivity index (χ4n) is 3.24. The standard InChI is InChI=1S/C19H28N2O4/c1-12-6-5-7-17(13(12)2)21-18(22)11-20-19(23)14-8-15(24-3)10-16(9-14)25-4/h8-10,12-13,17H,5-7,11H2,1-4H3,(H,20,23)(H,21,22)/t12-,13+,17-/m1/s1. The van der Waals surface area contributed by atoms with E-state index < -0.39 is 0 Å². The third-order valence-corrected chi connectivity index (χ3v) is 5.08. The van der Waals surface area contributed by atoms with Gasteiger partial charge < -0.3 is 20.1 Å². The van der Waals surface area contributed by atoms with Crippen LogP contribution >= 0.6 is 0 Å². The Morgan fingerprint density at radius 2 is 1.72 bits per heavy atom. The number of hydrogen-bond donors (Lipinski definition) is 2. The van der Waals surface area contributed by atoms with Crippen molar-refractivity contribution in [2.24, 2.45) is 11.8 Å². The molecule has 0 unspecified atom stereocenters. The van der Waals surface area contributed by atoms with Gasteiger partial charge in [0.25, 0.3) is 5.91 Å². The van der Waals surface area contributed by atoms with Crippen LogP contribution in [0.3, 0.4) is 0 Å². The number of benzene rings is 1. The molecule has 1 fully saturated rings. The average molecular weight is 348 g/mol. The van der Waals surface area contributed by atoms with Crippen LogP contribution in [0.2, 0.25) is 0 Å². The molecule has 0 radical (unpaired) electrons. The van der Waals surface area contributed by atoms with Gasteiger partial charge in [-0.2, -0.15) is 0 Å². The molecule has 3 atom stereocenters. The minimum absolute atomic E-state index is 0.0457. The lowest BCUT2D eigenvalue weighted by Gasteiger charge is -2.34. The van der Waals surface area contributed by atoms with E-state index in [-0.39, 0.29) is 24.4 Å². The summed E-state index contributed by atoms with van der Waals surface area (Å²) in [6.45, 7) is 4.35. The van der Waals surface area contributed by atoms with Crippen LogP contribution in [0.15, 0.2) is 18.2 Å². The SMILES string of the molecule is COc1cc(OC)cc(C(=O)NCC(=O)N[C@@H]2CCC[C@@H](C)[C@@H]2C)c1. The van der Waals surface area contributed by atoms with Crippen LogP contribution in [0.5, 0.6) is 11.5 Å². The van der Waals surface area contributed by atoms with Gasteiger partial charge in [-0.05, 0) is 30.4 Å². The molecule has 2 N–H and O–H groups in total. The van der Waals surface area contributed by atoms with Crippen molar-refractivity contribution in [3.05, 3.63) is 23.8 Å². The topological polar surface area (TPSA) is 76.7 Å². The Hall–Kier alpha value is -2.24. The van der Waals surface area contributed by atoms with Gasteiger partial charge in [0.2, 0.25) is 5.91 Å². The predicted molar refractivity (Wildman–Crippen MR) is 96.0 cm³/mol. The van der Waals surface area contributed by atoms with Crippen molar-refractivity contribution in [1.29, 1.82) is 0 Å². The van der Waals surface area contributed by atoms with E-state index in [0.29, 0.717) is 28.9 Å². The lowest BCUT2D eigenvalue weighted by molar-refractivity contribution is -0.121. The summed E-state index contributed by atoms with van der Waals surface area (Å²) < 4.78 is 10.3. The number of amides is 2. The van der Waals surface area contributed by atoms with Crippen molar-refractivity contribution < 1.29 is 19.1 Å². The first kappa shape index (κ1) is 19.1. The van der Waals surface area contributed by atoms with Crippen molar-refractivity contribution in [1.82, 2.24) is 10.6 Å². The van der Waals surface area contributed by atoms with Crippen molar-refractivity contribution in [2.75, 3.05) is 20.8 Å². The average Bonchev–Trinajstić information content (AvgIpc) is 2.63. The van der Waals surface area contributed by atoms with Crippen LogP contribution in [0.25, 0.3) is 0 Å². The molecule has 0 bridgehead atoms. The highest BCUT2D eigenvalue weighted by atomic mass is 16.5. The van der Waals surface area contributed by atoms with E-state index in [4.69, 9.17) is 9.47 Å². The molecule has 1 aromatic rings. The molecular weight excluding hydrogens is 320 g/mol. The van der Waals surface area contributed by atoms with Gasteiger partial charge in [-0.3, -0.25) is 9.59 Å². The second-order valence-electron chi connectivity index (χ2n) is 6.73. The molecule has 2 amide bonds. The van der Waals surface area contributed by atoms with E-state index >= 15 is 0 Å². The maximum atomic E-state index is 12.3. The number of carbonyl (C=O) groups excluding carboxylic acids is 2. The summed E-state index contributed by atoms with van der Waals surface area (Å²) in [6.07, 6.45) is 3.34. The Morgan fingerprint density at radius 1 is 1.08 bits per heavy atom. The summed E-state index contributed by atoms with van der Waals surface area (Å²) in [5, 5.41) is 5.70. The number of ether oxygens (including phenoxy) is 2. The Morgan fingerprint density at radius 3 is 2.32 bits per heavy atom. The van der Waals surface area contributed by atoms with Gasteiger partial charge in [-0.15, -0.1) is 0 Å². The fraction of sp³-hybridized carbons (Fsp3) is 0.579. The molecule has 25 heavy (non-hydrogen) atoms. The molecule has 0 spiro atoms. The smallest absolute Gasteiger partial charge is 0.251 e. The largest absolute Gasteiger partial charge is 0.497 e. The highest BCUT2D eigenvalue weighted by Crippen LogP contribution is 2.29. The van der Waals surface area contributed by atoms with Crippen molar-refractivity contribution >= 4 is 11.8 Å². The summed E-state index contributed by atoms with van der Waals surface area (Å²) in [4.78, 5) is 24.5. The quantitative estimate of drug-likeness (QED) is 0.827. The first-order chi connectivity index (χ1) is 11.9. The second kappa shape index (κ2) is 8.74. The Kier molecular flexibility index (Phi) is 6.67. The molecule has 0 aliphatic heterocycles. The highest BCUT2D eigenvalue weighted by molar-refractivity contribution is 5.97. The van der Waals surface area contributed by atoms with Gasteiger partial charge in [0.05, 0.1) is 20.8 Å². The molecule has 1 aliphatic carbocycles. The molecule has 1 aliphatic rings. The van der Waals surface area contributed by atoms with Gasteiger partial charge in [0, 0.05) is 17.7 Å². The fourth-order valence-corrected chi connectivity index (χ4v) is 3.24. The monoisotopic (exact) mass is 348 g/mol. The summed E-state index contributed by atoms with van der Waals surface area (Å²) in [7, 11) is 3.05. The first-order valence-electron chi connectivity index (χ1n) is 8.75. The normalized spacial score (nSPS) is 22.8. The Labute approximate surface area is 149 Å². The third-order valence-electron chi connectivity index (χ3n) is 5.08. The second-order valence-corrected chi connectivity index (χ2v) is 6.73. The predicted octanol–water partition coefficient (Wildman–Crippen LogP) is 2.37. The molecule has 0 saturated heterocycles. The van der Waals surface area contributed by atoms with Crippen LogP contribution in [0.4, 0.5) is 0 Å². The maximum Gasteiger partial charge on any atom is 0.251 e. The van der Waals surface area contributed by atoms with E-state index in [2.05, 4.69) is 24.5 Å². The van der Waals surface area contributed by atoms with Crippen molar-refractivity contribution in [3.63, 3.8) is 0 Å². The van der Waals surface area contributed by atoms with Crippen LogP contribution < -0.4 is 20.1 Å². The van der Waals surface area contributed by atoms with E-state index in [0.717, 1.165) is 12.8 Å². The molecule has 6 heteroatoms. The van der Waals surface area contributed by atoms with Gasteiger partial charge in [-0.1, -0.05) is 26.7 Å². The first-order valence-corrected chi connectivity index (χ1v) is 8.75. The van der Waals surface area contributed by atoms with Gasteiger partial charge in [0.1, 0.15) is 11.5 Å². The zero-order chi connectivity index (χ0) is 18.4. The lowest BCUT2D eigenvalue weighted by Crippen LogP contribution is -2.47. The molecule has 0 heterocycles. The molecule has 138 valence electrons. The zero-order valence-corrected chi connectivity index (χ0v) is 15.4. The van der Waals surface area contributed by atoms with Gasteiger partial charge >= 0.3 is 0 Å². The number of nitrogens with one attached hydrogen (secondary N) is 2. The Balaban J connectivity index is 1.90. The maximum absolute atomic E-state index is 12.3. The van der Waals surface area contributed by atoms with Gasteiger partial charge in [-0.25, -0.2) is 0 Å². The van der Waals surface area contributed by atoms with E-state index in [9.17, 15) is 9.59 Å². The molecule has 1 saturated carbocycles. The number of rotatable bonds is 6. The third kappa shape index (κ3) is 5.11. The van der Waals surface area contributed by atoms with E-state index in [1.54, 1.807) is 18.2 Å². The number of hydrogen-bond acceptors (Lipinski definition) is 4. The minimum atomic E-state index is -0.336. The molecule has 0 aromatic heterocycles. The van der Waals surface area contributed by atoms with Crippen LogP contribution in [-0.4, -0.2) is 38.6 Å². The van der Waals surface area contributed by atoms with Crippen LogP contribution in [0, 0.1) is 11.8 Å². The number of carbonyl (C=O) groups is 2. The van der Waals surface area contributed by atoms with Gasteiger partial charge in [0.15, 0.2) is 0 Å². The molecular formula is C19H28N2O4. The minimum Gasteiger partial charge on any atom is -0.497 e.